The summed E-state index contributed by atoms with van der Waals surface area (Å²) in [5.41, 5.74) is 0.503. The van der Waals surface area contributed by atoms with Gasteiger partial charge in [0, 0.05) is 14.2 Å². The molecule has 0 radical (unpaired) electrons. The highest BCUT2D eigenvalue weighted by molar-refractivity contribution is 14.1. The molecule has 0 aliphatic heterocycles. The molecule has 0 aliphatic carbocycles. The monoisotopic (exact) mass is 472 g/mol. The summed E-state index contributed by atoms with van der Waals surface area (Å²) in [6.45, 7) is 0. The molecule has 0 fully saturated rings. The van der Waals surface area contributed by atoms with Crippen LogP contribution in [0, 0.1) is 3.57 Å². The SMILES string of the molecule is O=S(=O)(Nc1cc(Br)ccc1I)c1ccnc(Cl)c1. The second kappa shape index (κ2) is 5.94. The van der Waals surface area contributed by atoms with Crippen LogP contribution in [-0.2, 0) is 10.0 Å². The lowest BCUT2D eigenvalue weighted by molar-refractivity contribution is 0.601. The number of anilines is 1. The van der Waals surface area contributed by atoms with Crippen LogP contribution >= 0.6 is 50.1 Å². The molecule has 1 N–H and O–H groups in total. The molecule has 0 spiro atoms. The Morgan fingerprint density at radius 1 is 1.26 bits per heavy atom. The van der Waals surface area contributed by atoms with Crippen molar-refractivity contribution < 1.29 is 8.42 Å². The van der Waals surface area contributed by atoms with Crippen molar-refractivity contribution in [3.05, 3.63) is 49.7 Å². The molecule has 1 aromatic heterocycles. The summed E-state index contributed by atoms with van der Waals surface area (Å²) < 4.78 is 28.5. The summed E-state index contributed by atoms with van der Waals surface area (Å²) in [6, 6.07) is 8.03. The molecule has 2 aromatic rings. The Morgan fingerprint density at radius 2 is 2.00 bits per heavy atom. The van der Waals surface area contributed by atoms with E-state index >= 15 is 0 Å². The average molecular weight is 474 g/mol. The molecule has 0 bridgehead atoms. The summed E-state index contributed by atoms with van der Waals surface area (Å²) in [4.78, 5) is 3.83. The van der Waals surface area contributed by atoms with Crippen molar-refractivity contribution >= 4 is 65.8 Å². The summed E-state index contributed by atoms with van der Waals surface area (Å²) in [5, 5.41) is 0.131. The Bertz CT molecular complexity index is 724. The first-order chi connectivity index (χ1) is 8.88. The van der Waals surface area contributed by atoms with Crippen LogP contribution in [0.2, 0.25) is 5.15 Å². The van der Waals surface area contributed by atoms with Crippen LogP contribution in [0.5, 0.6) is 0 Å². The van der Waals surface area contributed by atoms with Crippen LogP contribution in [0.1, 0.15) is 0 Å². The van der Waals surface area contributed by atoms with Gasteiger partial charge in [0.05, 0.1) is 10.6 Å². The fourth-order valence-corrected chi connectivity index (χ4v) is 3.67. The maximum absolute atomic E-state index is 12.2. The van der Waals surface area contributed by atoms with Crippen molar-refractivity contribution in [3.8, 4) is 0 Å². The molecule has 100 valence electrons. The van der Waals surface area contributed by atoms with Crippen LogP contribution in [-0.4, -0.2) is 13.4 Å². The van der Waals surface area contributed by atoms with Crippen LogP contribution in [0.15, 0.2) is 45.9 Å². The fourth-order valence-electron chi connectivity index (χ4n) is 1.33. The van der Waals surface area contributed by atoms with Crippen LogP contribution in [0.4, 0.5) is 5.69 Å². The van der Waals surface area contributed by atoms with E-state index in [2.05, 4.69) is 48.2 Å². The van der Waals surface area contributed by atoms with Gasteiger partial charge in [-0.3, -0.25) is 4.72 Å². The molecule has 0 saturated carbocycles. The van der Waals surface area contributed by atoms with Crippen molar-refractivity contribution in [2.45, 2.75) is 4.90 Å². The topological polar surface area (TPSA) is 59.1 Å². The molecule has 8 heteroatoms. The molecule has 0 aliphatic rings. The third-order valence-corrected chi connectivity index (χ3v) is 5.18. The van der Waals surface area contributed by atoms with Gasteiger partial charge in [-0.05, 0) is 52.9 Å². The normalized spacial score (nSPS) is 11.3. The second-order valence-corrected chi connectivity index (χ2v) is 7.69. The molecule has 1 aromatic carbocycles. The Kier molecular flexibility index (Phi) is 4.70. The van der Waals surface area contributed by atoms with Gasteiger partial charge in [-0.25, -0.2) is 13.4 Å². The van der Waals surface area contributed by atoms with E-state index in [9.17, 15) is 8.42 Å². The van der Waals surface area contributed by atoms with Gasteiger partial charge < -0.3 is 0 Å². The van der Waals surface area contributed by atoms with Crippen LogP contribution in [0.3, 0.4) is 0 Å². The van der Waals surface area contributed by atoms with E-state index in [0.29, 0.717) is 5.69 Å². The lowest BCUT2D eigenvalue weighted by Gasteiger charge is -2.10. The summed E-state index contributed by atoms with van der Waals surface area (Å²) >= 11 is 11.1. The van der Waals surface area contributed by atoms with E-state index in [4.69, 9.17) is 11.6 Å². The number of halogens is 3. The number of pyridine rings is 1. The zero-order chi connectivity index (χ0) is 14.0. The fraction of sp³-hybridized carbons (Fsp3) is 0. The van der Waals surface area contributed by atoms with Gasteiger partial charge >= 0.3 is 0 Å². The third-order valence-electron chi connectivity index (χ3n) is 2.18. The minimum Gasteiger partial charge on any atom is -0.279 e. The van der Waals surface area contributed by atoms with Crippen molar-refractivity contribution in [3.63, 3.8) is 0 Å². The standard InChI is InChI=1S/C11H7BrClIN2O2S/c12-7-1-2-9(14)10(5-7)16-19(17,18)8-3-4-15-11(13)6-8/h1-6,16H. The molecule has 19 heavy (non-hydrogen) atoms. The van der Waals surface area contributed by atoms with Gasteiger partial charge in [-0.1, -0.05) is 27.5 Å². The third kappa shape index (κ3) is 3.80. The van der Waals surface area contributed by atoms with Crippen molar-refractivity contribution in [2.75, 3.05) is 4.72 Å². The maximum atomic E-state index is 12.2. The van der Waals surface area contributed by atoms with E-state index in [1.807, 2.05) is 12.1 Å². The molecular formula is C11H7BrClIN2O2S. The molecule has 0 amide bonds. The van der Waals surface area contributed by atoms with E-state index in [0.717, 1.165) is 8.04 Å². The van der Waals surface area contributed by atoms with Crippen molar-refractivity contribution in [1.29, 1.82) is 0 Å². The second-order valence-electron chi connectivity index (χ2n) is 3.54. The predicted octanol–water partition coefficient (Wildman–Crippen LogP) is 3.90. The van der Waals surface area contributed by atoms with E-state index in [1.54, 1.807) is 6.07 Å². The lowest BCUT2D eigenvalue weighted by atomic mass is 10.3. The zero-order valence-corrected chi connectivity index (χ0v) is 14.6. The summed E-state index contributed by atoms with van der Waals surface area (Å²) in [6.07, 6.45) is 1.35. The van der Waals surface area contributed by atoms with Crippen molar-refractivity contribution in [1.82, 2.24) is 4.98 Å². The molecule has 4 nitrogen and oxygen atoms in total. The first-order valence-electron chi connectivity index (χ1n) is 4.98. The van der Waals surface area contributed by atoms with E-state index in [1.165, 1.54) is 18.3 Å². The van der Waals surface area contributed by atoms with Crippen molar-refractivity contribution in [2.24, 2.45) is 0 Å². The summed E-state index contributed by atoms with van der Waals surface area (Å²) in [5.74, 6) is 0. The zero-order valence-electron chi connectivity index (χ0n) is 9.27. The van der Waals surface area contributed by atoms with Crippen LogP contribution in [0.25, 0.3) is 0 Å². The number of nitrogens with one attached hydrogen (secondary N) is 1. The smallest absolute Gasteiger partial charge is 0.262 e. The predicted molar refractivity (Wildman–Crippen MR) is 86.9 cm³/mol. The molecule has 0 atom stereocenters. The number of aromatic nitrogens is 1. The molecule has 0 unspecified atom stereocenters. The molecule has 2 rings (SSSR count). The number of rotatable bonds is 3. The lowest BCUT2D eigenvalue weighted by Crippen LogP contribution is -2.14. The van der Waals surface area contributed by atoms with Gasteiger partial charge in [-0.15, -0.1) is 0 Å². The number of sulfonamides is 1. The number of hydrogen-bond donors (Lipinski definition) is 1. The molecular weight excluding hydrogens is 466 g/mol. The van der Waals surface area contributed by atoms with Gasteiger partial charge in [0.15, 0.2) is 0 Å². The highest BCUT2D eigenvalue weighted by atomic mass is 127. The van der Waals surface area contributed by atoms with Gasteiger partial charge in [0.25, 0.3) is 10.0 Å². The molecule has 0 saturated heterocycles. The Morgan fingerprint density at radius 3 is 2.68 bits per heavy atom. The maximum Gasteiger partial charge on any atom is 0.262 e. The minimum absolute atomic E-state index is 0.0725. The first-order valence-corrected chi connectivity index (χ1v) is 8.71. The average Bonchev–Trinajstić information content (AvgIpc) is 2.33. The first kappa shape index (κ1) is 15.0. The molecule has 1 heterocycles. The van der Waals surface area contributed by atoms with Gasteiger partial charge in [-0.2, -0.15) is 0 Å². The Labute approximate surface area is 137 Å². The van der Waals surface area contributed by atoms with Gasteiger partial charge in [0.1, 0.15) is 5.15 Å². The number of nitrogens with zero attached hydrogens (tertiary/aromatic N) is 1. The number of benzene rings is 1. The highest BCUT2D eigenvalue weighted by Gasteiger charge is 2.16. The van der Waals surface area contributed by atoms with E-state index in [-0.39, 0.29) is 10.0 Å². The minimum atomic E-state index is -3.68. The van der Waals surface area contributed by atoms with Gasteiger partial charge in [0.2, 0.25) is 0 Å². The summed E-state index contributed by atoms with van der Waals surface area (Å²) in [7, 11) is -3.68. The Balaban J connectivity index is 2.39. The highest BCUT2D eigenvalue weighted by Crippen LogP contribution is 2.25. The quantitative estimate of drug-likeness (QED) is 0.544. The Hall–Kier alpha value is -0.380. The van der Waals surface area contributed by atoms with E-state index < -0.39 is 10.0 Å². The van der Waals surface area contributed by atoms with Crippen LogP contribution < -0.4 is 4.72 Å². The number of hydrogen-bond acceptors (Lipinski definition) is 3. The largest absolute Gasteiger partial charge is 0.279 e.